The van der Waals surface area contributed by atoms with Gasteiger partial charge in [-0.3, -0.25) is 9.78 Å². The summed E-state index contributed by atoms with van der Waals surface area (Å²) in [5.74, 6) is -1.50. The fraction of sp³-hybridized carbons (Fsp3) is 0.353. The Labute approximate surface area is 133 Å². The number of nitrogens with zero attached hydrogens (tertiary/aromatic N) is 2. The molecule has 0 spiro atoms. The van der Waals surface area contributed by atoms with Gasteiger partial charge < -0.3 is 15.1 Å². The number of likely N-dealkylation sites (tertiary alicyclic amines) is 1. The lowest BCUT2D eigenvalue weighted by atomic mass is 10.1. The monoisotopic (exact) mass is 314 g/mol. The zero-order chi connectivity index (χ0) is 16.7. The highest BCUT2D eigenvalue weighted by Gasteiger charge is 2.39. The van der Waals surface area contributed by atoms with Crippen molar-refractivity contribution in [2.45, 2.75) is 32.4 Å². The van der Waals surface area contributed by atoms with E-state index in [1.165, 1.54) is 4.90 Å². The molecule has 23 heavy (non-hydrogen) atoms. The molecular formula is C17H18N2O4. The maximum Gasteiger partial charge on any atom is 0.326 e. The van der Waals surface area contributed by atoms with Gasteiger partial charge in [-0.1, -0.05) is 11.6 Å². The third kappa shape index (κ3) is 2.77. The molecular weight excluding hydrogens is 296 g/mol. The van der Waals surface area contributed by atoms with E-state index in [4.69, 9.17) is 0 Å². The summed E-state index contributed by atoms with van der Waals surface area (Å²) in [6.07, 6.45) is -0.753. The van der Waals surface area contributed by atoms with Gasteiger partial charge in [-0.05, 0) is 32.0 Å². The predicted molar refractivity (Wildman–Crippen MR) is 84.3 cm³/mol. The number of amides is 1. The molecule has 1 aliphatic heterocycles. The highest BCUT2D eigenvalue weighted by Crippen LogP contribution is 2.24. The fourth-order valence-corrected chi connectivity index (χ4v) is 3.04. The van der Waals surface area contributed by atoms with Gasteiger partial charge in [-0.15, -0.1) is 0 Å². The average molecular weight is 314 g/mol. The van der Waals surface area contributed by atoms with Gasteiger partial charge in [0.05, 0.1) is 22.9 Å². The van der Waals surface area contributed by atoms with E-state index in [0.717, 1.165) is 16.5 Å². The van der Waals surface area contributed by atoms with Crippen molar-refractivity contribution in [3.8, 4) is 0 Å². The van der Waals surface area contributed by atoms with E-state index >= 15 is 0 Å². The van der Waals surface area contributed by atoms with Crippen LogP contribution in [0.2, 0.25) is 0 Å². The molecule has 0 aliphatic carbocycles. The van der Waals surface area contributed by atoms with Gasteiger partial charge in [0, 0.05) is 18.4 Å². The normalized spacial score (nSPS) is 20.9. The van der Waals surface area contributed by atoms with Crippen molar-refractivity contribution >= 4 is 22.8 Å². The minimum absolute atomic E-state index is 0.0289. The zero-order valence-electron chi connectivity index (χ0n) is 13.0. The number of β-amino-alcohol motifs (C(OH)–C–C–N with tert-alkyl or cyclic N) is 1. The number of benzene rings is 1. The molecule has 2 N–H and O–H groups in total. The summed E-state index contributed by atoms with van der Waals surface area (Å²) in [5, 5.41) is 19.8. The molecule has 1 amide bonds. The summed E-state index contributed by atoms with van der Waals surface area (Å²) in [6.45, 7) is 3.72. The summed E-state index contributed by atoms with van der Waals surface area (Å²) in [6, 6.07) is 6.53. The molecule has 120 valence electrons. The Balaban J connectivity index is 2.03. The largest absolute Gasteiger partial charge is 0.480 e. The lowest BCUT2D eigenvalue weighted by Gasteiger charge is -2.22. The van der Waals surface area contributed by atoms with Gasteiger partial charge in [-0.2, -0.15) is 0 Å². The van der Waals surface area contributed by atoms with Crippen molar-refractivity contribution in [2.75, 3.05) is 6.54 Å². The zero-order valence-corrected chi connectivity index (χ0v) is 13.0. The summed E-state index contributed by atoms with van der Waals surface area (Å²) < 4.78 is 0. The van der Waals surface area contributed by atoms with Gasteiger partial charge in [0.2, 0.25) is 0 Å². The van der Waals surface area contributed by atoms with Crippen LogP contribution in [0.25, 0.3) is 10.9 Å². The molecule has 6 nitrogen and oxygen atoms in total. The summed E-state index contributed by atoms with van der Waals surface area (Å²) >= 11 is 0. The van der Waals surface area contributed by atoms with E-state index in [-0.39, 0.29) is 13.0 Å². The number of aryl methyl sites for hydroxylation is 2. The van der Waals surface area contributed by atoms with E-state index in [0.29, 0.717) is 11.3 Å². The lowest BCUT2D eigenvalue weighted by Crippen LogP contribution is -2.40. The lowest BCUT2D eigenvalue weighted by molar-refractivity contribution is -0.141. The first-order valence-corrected chi connectivity index (χ1v) is 7.46. The molecule has 3 rings (SSSR count). The van der Waals surface area contributed by atoms with E-state index in [2.05, 4.69) is 4.98 Å². The molecule has 0 unspecified atom stereocenters. The second kappa shape index (κ2) is 5.62. The number of rotatable bonds is 2. The predicted octanol–water partition coefficient (Wildman–Crippen LogP) is 1.51. The van der Waals surface area contributed by atoms with Crippen LogP contribution in [0.1, 0.15) is 28.0 Å². The second-order valence-corrected chi connectivity index (χ2v) is 6.02. The third-order valence-electron chi connectivity index (χ3n) is 4.22. The Morgan fingerprint density at radius 1 is 1.26 bits per heavy atom. The minimum atomic E-state index is -1.10. The molecule has 0 saturated carbocycles. The number of aromatic nitrogens is 1. The van der Waals surface area contributed by atoms with Crippen LogP contribution in [0.15, 0.2) is 24.3 Å². The van der Waals surface area contributed by atoms with Crippen LogP contribution < -0.4 is 0 Å². The number of carbonyl (C=O) groups excluding carboxylic acids is 1. The molecule has 1 aromatic carbocycles. The quantitative estimate of drug-likeness (QED) is 0.877. The van der Waals surface area contributed by atoms with Crippen LogP contribution in [-0.2, 0) is 4.79 Å². The molecule has 1 saturated heterocycles. The Hall–Kier alpha value is -2.47. The number of aliphatic hydroxyl groups excluding tert-OH is 1. The van der Waals surface area contributed by atoms with E-state index in [9.17, 15) is 19.8 Å². The van der Waals surface area contributed by atoms with Crippen LogP contribution in [0.4, 0.5) is 0 Å². The van der Waals surface area contributed by atoms with Crippen molar-refractivity contribution in [1.29, 1.82) is 0 Å². The number of hydrogen-bond acceptors (Lipinski definition) is 4. The SMILES string of the molecule is Cc1ccc2nc(C)c(C(=O)N3C[C@H](O)C[C@H]3C(=O)O)cc2c1. The Kier molecular flexibility index (Phi) is 3.77. The highest BCUT2D eigenvalue weighted by atomic mass is 16.4. The van der Waals surface area contributed by atoms with Crippen molar-refractivity contribution in [2.24, 2.45) is 0 Å². The number of hydrogen-bond donors (Lipinski definition) is 2. The fourth-order valence-electron chi connectivity index (χ4n) is 3.04. The van der Waals surface area contributed by atoms with Crippen molar-refractivity contribution in [3.63, 3.8) is 0 Å². The number of aliphatic hydroxyl groups is 1. The molecule has 1 aliphatic rings. The number of pyridine rings is 1. The topological polar surface area (TPSA) is 90.7 Å². The highest BCUT2D eigenvalue weighted by molar-refractivity contribution is 6.00. The number of carboxylic acids is 1. The molecule has 1 fully saturated rings. The minimum Gasteiger partial charge on any atom is -0.480 e. The molecule has 6 heteroatoms. The van der Waals surface area contributed by atoms with Gasteiger partial charge in [0.15, 0.2) is 0 Å². The molecule has 1 aromatic heterocycles. The average Bonchev–Trinajstić information content (AvgIpc) is 2.88. The summed E-state index contributed by atoms with van der Waals surface area (Å²) in [4.78, 5) is 29.7. The second-order valence-electron chi connectivity index (χ2n) is 6.02. The van der Waals surface area contributed by atoms with Crippen LogP contribution >= 0.6 is 0 Å². The number of carbonyl (C=O) groups is 2. The van der Waals surface area contributed by atoms with Gasteiger partial charge >= 0.3 is 5.97 Å². The molecule has 2 heterocycles. The number of carboxylic acid groups (broad SMARTS) is 1. The van der Waals surface area contributed by atoms with Crippen LogP contribution in [0, 0.1) is 13.8 Å². The molecule has 2 atom stereocenters. The molecule has 0 radical (unpaired) electrons. The van der Waals surface area contributed by atoms with Crippen LogP contribution in [-0.4, -0.2) is 50.7 Å². The van der Waals surface area contributed by atoms with Crippen LogP contribution in [0.5, 0.6) is 0 Å². The molecule has 2 aromatic rings. The van der Waals surface area contributed by atoms with Crippen molar-refractivity contribution < 1.29 is 19.8 Å². The van der Waals surface area contributed by atoms with Crippen molar-refractivity contribution in [3.05, 3.63) is 41.1 Å². The Morgan fingerprint density at radius 2 is 2.00 bits per heavy atom. The summed E-state index contributed by atoms with van der Waals surface area (Å²) in [7, 11) is 0. The standard InChI is InChI=1S/C17H18N2O4/c1-9-3-4-14-11(5-9)6-13(10(2)18-14)16(21)19-8-12(20)7-15(19)17(22)23/h3-6,12,15,20H,7-8H2,1-2H3,(H,22,23)/t12-,15+/m1/s1. The van der Waals surface area contributed by atoms with Crippen molar-refractivity contribution in [1.82, 2.24) is 9.88 Å². The van der Waals surface area contributed by atoms with Gasteiger partial charge in [0.1, 0.15) is 6.04 Å². The summed E-state index contributed by atoms with van der Waals surface area (Å²) in [5.41, 5.74) is 2.78. The first-order chi connectivity index (χ1) is 10.9. The van der Waals surface area contributed by atoms with E-state index < -0.39 is 24.0 Å². The third-order valence-corrected chi connectivity index (χ3v) is 4.22. The number of aliphatic carboxylic acids is 1. The Morgan fingerprint density at radius 3 is 2.70 bits per heavy atom. The number of fused-ring (bicyclic) bond motifs is 1. The first-order valence-electron chi connectivity index (χ1n) is 7.46. The maximum atomic E-state index is 12.8. The Bertz CT molecular complexity index is 803. The van der Waals surface area contributed by atoms with Crippen LogP contribution in [0.3, 0.4) is 0 Å². The van der Waals surface area contributed by atoms with E-state index in [1.807, 2.05) is 25.1 Å². The smallest absolute Gasteiger partial charge is 0.326 e. The van der Waals surface area contributed by atoms with Gasteiger partial charge in [0.25, 0.3) is 5.91 Å². The molecule has 0 bridgehead atoms. The van der Waals surface area contributed by atoms with Gasteiger partial charge in [-0.25, -0.2) is 4.79 Å². The maximum absolute atomic E-state index is 12.8. The van der Waals surface area contributed by atoms with E-state index in [1.54, 1.807) is 13.0 Å². The first kappa shape index (κ1) is 15.4.